The van der Waals surface area contributed by atoms with E-state index in [2.05, 4.69) is 5.43 Å². The van der Waals surface area contributed by atoms with Crippen molar-refractivity contribution >= 4 is 5.91 Å². The number of nitrogens with zero attached hydrogens (tertiary/aromatic N) is 1. The fourth-order valence-electron chi connectivity index (χ4n) is 2.53. The molecule has 1 atom stereocenters. The number of alkyl halides is 3. The summed E-state index contributed by atoms with van der Waals surface area (Å²) in [6.45, 7) is 3.09. The van der Waals surface area contributed by atoms with Gasteiger partial charge in [0.2, 0.25) is 5.91 Å². The summed E-state index contributed by atoms with van der Waals surface area (Å²) in [6.07, 6.45) is -5.17. The molecular weight excluding hydrogens is 288 g/mol. The number of hydrazine groups is 1. The van der Waals surface area contributed by atoms with E-state index in [1.54, 1.807) is 13.8 Å². The molecule has 0 saturated carbocycles. The second kappa shape index (κ2) is 5.29. The lowest BCUT2D eigenvalue weighted by Crippen LogP contribution is -2.57. The van der Waals surface area contributed by atoms with Crippen LogP contribution in [0.15, 0.2) is 24.3 Å². The molecule has 1 N–H and O–H groups in total. The molecule has 1 aromatic rings. The number of amides is 1. The van der Waals surface area contributed by atoms with Gasteiger partial charge in [-0.2, -0.15) is 13.2 Å². The van der Waals surface area contributed by atoms with Crippen LogP contribution in [-0.2, 0) is 11.2 Å². The molecule has 21 heavy (non-hydrogen) atoms. The number of carbonyl (C=O) groups excluding carboxylic acids is 1. The van der Waals surface area contributed by atoms with Crippen LogP contribution in [-0.4, -0.2) is 28.7 Å². The van der Waals surface area contributed by atoms with Gasteiger partial charge in [0.15, 0.2) is 0 Å². The van der Waals surface area contributed by atoms with Crippen LogP contribution in [0.25, 0.3) is 0 Å². The lowest BCUT2D eigenvalue weighted by molar-refractivity contribution is -0.200. The highest BCUT2D eigenvalue weighted by molar-refractivity contribution is 5.78. The molecule has 1 aliphatic rings. The Bertz CT molecular complexity index is 542. The molecule has 0 aliphatic carbocycles. The lowest BCUT2D eigenvalue weighted by atomic mass is 9.97. The molecule has 1 saturated heterocycles. The molecule has 0 radical (unpaired) electrons. The van der Waals surface area contributed by atoms with Gasteiger partial charge in [-0.25, -0.2) is 9.40 Å². The van der Waals surface area contributed by atoms with Crippen LogP contribution in [0.2, 0.25) is 0 Å². The Balaban J connectivity index is 2.32. The second-order valence-corrected chi connectivity index (χ2v) is 5.75. The molecule has 1 aliphatic heterocycles. The van der Waals surface area contributed by atoms with E-state index in [1.807, 2.05) is 0 Å². The van der Waals surface area contributed by atoms with Gasteiger partial charge in [-0.05, 0) is 25.5 Å². The van der Waals surface area contributed by atoms with E-state index < -0.39 is 35.9 Å². The van der Waals surface area contributed by atoms with Crippen molar-refractivity contribution in [3.63, 3.8) is 0 Å². The van der Waals surface area contributed by atoms with Crippen LogP contribution in [0.4, 0.5) is 17.6 Å². The number of carbonyl (C=O) groups is 1. The van der Waals surface area contributed by atoms with Crippen LogP contribution >= 0.6 is 0 Å². The Hall–Kier alpha value is -1.63. The van der Waals surface area contributed by atoms with E-state index in [-0.39, 0.29) is 12.0 Å². The van der Waals surface area contributed by atoms with Crippen molar-refractivity contribution in [2.24, 2.45) is 0 Å². The molecule has 7 heteroatoms. The van der Waals surface area contributed by atoms with Gasteiger partial charge in [0.25, 0.3) is 0 Å². The number of nitrogens with one attached hydrogen (secondary N) is 1. The maximum absolute atomic E-state index is 13.6. The Kier molecular flexibility index (Phi) is 3.97. The quantitative estimate of drug-likeness (QED) is 0.871. The van der Waals surface area contributed by atoms with Gasteiger partial charge in [0.1, 0.15) is 11.9 Å². The molecule has 2 rings (SSSR count). The topological polar surface area (TPSA) is 32.3 Å². The molecule has 0 bridgehead atoms. The van der Waals surface area contributed by atoms with Crippen LogP contribution in [0, 0.1) is 5.82 Å². The molecule has 1 fully saturated rings. The molecule has 1 aromatic carbocycles. The Morgan fingerprint density at radius 1 is 1.33 bits per heavy atom. The first-order chi connectivity index (χ1) is 9.61. The largest absolute Gasteiger partial charge is 0.406 e. The second-order valence-electron chi connectivity index (χ2n) is 5.75. The fraction of sp³-hybridized carbons (Fsp3) is 0.500. The van der Waals surface area contributed by atoms with E-state index in [1.165, 1.54) is 18.2 Å². The van der Waals surface area contributed by atoms with Crippen molar-refractivity contribution < 1.29 is 22.4 Å². The van der Waals surface area contributed by atoms with Crippen LogP contribution in [0.3, 0.4) is 0 Å². The van der Waals surface area contributed by atoms with Gasteiger partial charge in [0.05, 0.1) is 0 Å². The third-order valence-corrected chi connectivity index (χ3v) is 3.55. The number of halogens is 4. The third-order valence-electron chi connectivity index (χ3n) is 3.55. The average Bonchev–Trinajstić information content (AvgIpc) is 2.59. The zero-order valence-corrected chi connectivity index (χ0v) is 11.7. The van der Waals surface area contributed by atoms with E-state index >= 15 is 0 Å². The zero-order chi connectivity index (χ0) is 15.8. The van der Waals surface area contributed by atoms with Gasteiger partial charge in [0, 0.05) is 18.4 Å². The molecule has 1 heterocycles. The first kappa shape index (κ1) is 15.8. The predicted molar refractivity (Wildman–Crippen MR) is 68.6 cm³/mol. The van der Waals surface area contributed by atoms with Crippen LogP contribution in [0.1, 0.15) is 25.8 Å². The highest BCUT2D eigenvalue weighted by Crippen LogP contribution is 2.35. The Morgan fingerprint density at radius 2 is 1.95 bits per heavy atom. The summed E-state index contributed by atoms with van der Waals surface area (Å²) in [5.74, 6) is -1.15. The van der Waals surface area contributed by atoms with Gasteiger partial charge >= 0.3 is 6.18 Å². The van der Waals surface area contributed by atoms with Crippen molar-refractivity contribution in [2.45, 2.75) is 44.4 Å². The highest BCUT2D eigenvalue weighted by Gasteiger charge is 2.52. The molecule has 3 nitrogen and oxygen atoms in total. The fourth-order valence-corrected chi connectivity index (χ4v) is 2.53. The normalized spacial score (nSPS) is 20.4. The molecule has 1 amide bonds. The summed E-state index contributed by atoms with van der Waals surface area (Å²) >= 11 is 0. The minimum absolute atomic E-state index is 0.0308. The van der Waals surface area contributed by atoms with E-state index in [0.717, 1.165) is 11.1 Å². The average molecular weight is 304 g/mol. The smallest absolute Gasteiger partial charge is 0.288 e. The Labute approximate surface area is 119 Å². The monoisotopic (exact) mass is 304 g/mol. The molecule has 0 aromatic heterocycles. The predicted octanol–water partition coefficient (Wildman–Crippen LogP) is 2.81. The van der Waals surface area contributed by atoms with Crippen molar-refractivity contribution in [2.75, 3.05) is 0 Å². The Morgan fingerprint density at radius 3 is 2.43 bits per heavy atom. The van der Waals surface area contributed by atoms with Crippen molar-refractivity contribution in [1.29, 1.82) is 0 Å². The SMILES string of the molecule is CC1(C)CC(=O)NN1[C@@H](Cc1ccccc1F)C(F)(F)F. The summed E-state index contributed by atoms with van der Waals surface area (Å²) in [6, 6.07) is 3.37. The lowest BCUT2D eigenvalue weighted by Gasteiger charge is -2.37. The maximum atomic E-state index is 13.6. The van der Waals surface area contributed by atoms with Gasteiger partial charge in [-0.3, -0.25) is 10.2 Å². The first-order valence-electron chi connectivity index (χ1n) is 6.50. The van der Waals surface area contributed by atoms with Gasteiger partial charge in [-0.15, -0.1) is 0 Å². The highest BCUT2D eigenvalue weighted by atomic mass is 19.4. The van der Waals surface area contributed by atoms with E-state index in [4.69, 9.17) is 0 Å². The van der Waals surface area contributed by atoms with E-state index in [9.17, 15) is 22.4 Å². The summed E-state index contributed by atoms with van der Waals surface area (Å²) in [7, 11) is 0. The van der Waals surface area contributed by atoms with Crippen molar-refractivity contribution in [3.8, 4) is 0 Å². The summed E-state index contributed by atoms with van der Waals surface area (Å²) in [5.41, 5.74) is 1.23. The van der Waals surface area contributed by atoms with Crippen LogP contribution < -0.4 is 5.43 Å². The standard InChI is InChI=1S/C14H16F4N2O/c1-13(2)8-12(21)19-20(13)11(14(16,17)18)7-9-5-3-4-6-10(9)15/h3-6,11H,7-8H2,1-2H3,(H,19,21)/t11-/m0/s1. The summed E-state index contributed by atoms with van der Waals surface area (Å²) < 4.78 is 53.7. The van der Waals surface area contributed by atoms with Crippen molar-refractivity contribution in [3.05, 3.63) is 35.6 Å². The van der Waals surface area contributed by atoms with Crippen molar-refractivity contribution in [1.82, 2.24) is 10.4 Å². The van der Waals surface area contributed by atoms with Crippen LogP contribution in [0.5, 0.6) is 0 Å². The van der Waals surface area contributed by atoms with Gasteiger partial charge in [-0.1, -0.05) is 18.2 Å². The van der Waals surface area contributed by atoms with Gasteiger partial charge < -0.3 is 0 Å². The number of hydrogen-bond donors (Lipinski definition) is 1. The summed E-state index contributed by atoms with van der Waals surface area (Å²) in [5, 5.41) is 0.891. The molecule has 0 unspecified atom stereocenters. The summed E-state index contributed by atoms with van der Waals surface area (Å²) in [4.78, 5) is 11.4. The molecule has 0 spiro atoms. The number of hydrogen-bond acceptors (Lipinski definition) is 2. The molecular formula is C14H16F4N2O. The molecule has 116 valence electrons. The number of benzene rings is 1. The maximum Gasteiger partial charge on any atom is 0.406 e. The minimum Gasteiger partial charge on any atom is -0.288 e. The zero-order valence-electron chi connectivity index (χ0n) is 11.7. The minimum atomic E-state index is -4.59. The number of rotatable bonds is 3. The third kappa shape index (κ3) is 3.34. The van der Waals surface area contributed by atoms with E-state index in [0.29, 0.717) is 0 Å². The first-order valence-corrected chi connectivity index (χ1v) is 6.50.